The molecule has 18 heavy (non-hydrogen) atoms. The van der Waals surface area contributed by atoms with Crippen LogP contribution in [0.3, 0.4) is 0 Å². The van der Waals surface area contributed by atoms with Crippen LogP contribution >= 0.6 is 0 Å². The molecule has 0 aliphatic carbocycles. The third kappa shape index (κ3) is 3.38. The van der Waals surface area contributed by atoms with Crippen LogP contribution in [0, 0.1) is 5.82 Å². The number of halogens is 3. The SMILES string of the molecule is Fc1ccc(OCC(F)F)cc1C1CCNCC1. The van der Waals surface area contributed by atoms with Gasteiger partial charge in [-0.15, -0.1) is 0 Å². The van der Waals surface area contributed by atoms with Crippen molar-refractivity contribution in [2.24, 2.45) is 0 Å². The maximum atomic E-state index is 13.7. The lowest BCUT2D eigenvalue weighted by molar-refractivity contribution is 0.0818. The Labute approximate surface area is 104 Å². The number of hydrogen-bond acceptors (Lipinski definition) is 2. The lowest BCUT2D eigenvalue weighted by Gasteiger charge is -2.23. The highest BCUT2D eigenvalue weighted by Crippen LogP contribution is 2.30. The van der Waals surface area contributed by atoms with E-state index in [-0.39, 0.29) is 11.7 Å². The molecule has 1 aliphatic rings. The Morgan fingerprint density at radius 1 is 1.28 bits per heavy atom. The molecule has 100 valence electrons. The molecule has 1 heterocycles. The summed E-state index contributed by atoms with van der Waals surface area (Å²) in [6.45, 7) is 1.05. The van der Waals surface area contributed by atoms with Crippen LogP contribution in [0.4, 0.5) is 13.2 Å². The second kappa shape index (κ2) is 6.09. The Kier molecular flexibility index (Phi) is 4.47. The van der Waals surface area contributed by atoms with Crippen LogP contribution in [0.2, 0.25) is 0 Å². The number of ether oxygens (including phenoxy) is 1. The van der Waals surface area contributed by atoms with E-state index in [9.17, 15) is 13.2 Å². The molecular formula is C13H16F3NO. The van der Waals surface area contributed by atoms with E-state index in [1.165, 1.54) is 12.1 Å². The van der Waals surface area contributed by atoms with Crippen molar-refractivity contribution in [2.45, 2.75) is 25.2 Å². The Hall–Kier alpha value is -1.23. The molecule has 1 N–H and O–H groups in total. The molecule has 5 heteroatoms. The van der Waals surface area contributed by atoms with Gasteiger partial charge in [-0.3, -0.25) is 0 Å². The lowest BCUT2D eigenvalue weighted by atomic mass is 9.90. The summed E-state index contributed by atoms with van der Waals surface area (Å²) in [5.74, 6) is 0.165. The van der Waals surface area contributed by atoms with Crippen LogP contribution in [0.1, 0.15) is 24.3 Å². The van der Waals surface area contributed by atoms with Crippen LogP contribution in [0.5, 0.6) is 5.75 Å². The van der Waals surface area contributed by atoms with E-state index in [1.54, 1.807) is 6.07 Å². The zero-order valence-corrected chi connectivity index (χ0v) is 9.96. The minimum atomic E-state index is -2.52. The first-order chi connectivity index (χ1) is 8.66. The van der Waals surface area contributed by atoms with Gasteiger partial charge in [0.05, 0.1) is 0 Å². The van der Waals surface area contributed by atoms with E-state index >= 15 is 0 Å². The van der Waals surface area contributed by atoms with Crippen molar-refractivity contribution < 1.29 is 17.9 Å². The van der Waals surface area contributed by atoms with Crippen LogP contribution in [-0.4, -0.2) is 26.1 Å². The minimum Gasteiger partial charge on any atom is -0.488 e. The van der Waals surface area contributed by atoms with Crippen LogP contribution in [0.25, 0.3) is 0 Å². The van der Waals surface area contributed by atoms with Crippen molar-refractivity contribution in [2.75, 3.05) is 19.7 Å². The molecule has 2 rings (SSSR count). The fourth-order valence-electron chi connectivity index (χ4n) is 2.22. The molecule has 0 unspecified atom stereocenters. The van der Waals surface area contributed by atoms with Gasteiger partial charge in [-0.2, -0.15) is 0 Å². The molecule has 1 aliphatic heterocycles. The highest BCUT2D eigenvalue weighted by atomic mass is 19.3. The summed E-state index contributed by atoms with van der Waals surface area (Å²) in [7, 11) is 0. The van der Waals surface area contributed by atoms with Crippen molar-refractivity contribution in [1.82, 2.24) is 5.32 Å². The van der Waals surface area contributed by atoms with E-state index in [0.29, 0.717) is 11.3 Å². The van der Waals surface area contributed by atoms with Crippen molar-refractivity contribution >= 4 is 0 Å². The zero-order chi connectivity index (χ0) is 13.0. The summed E-state index contributed by atoms with van der Waals surface area (Å²) in [5, 5.41) is 3.21. The standard InChI is InChI=1S/C13H16F3NO/c14-12-2-1-10(18-8-13(15)16)7-11(12)9-3-5-17-6-4-9/h1-2,7,9,13,17H,3-6,8H2. The number of rotatable bonds is 4. The quantitative estimate of drug-likeness (QED) is 0.897. The fraction of sp³-hybridized carbons (Fsp3) is 0.538. The summed E-state index contributed by atoms with van der Waals surface area (Å²) in [4.78, 5) is 0. The Morgan fingerprint density at radius 2 is 2.00 bits per heavy atom. The van der Waals surface area contributed by atoms with E-state index in [2.05, 4.69) is 5.32 Å². The van der Waals surface area contributed by atoms with Gasteiger partial charge in [0.2, 0.25) is 0 Å². The molecule has 0 saturated carbocycles. The molecular weight excluding hydrogens is 243 g/mol. The van der Waals surface area contributed by atoms with Gasteiger partial charge in [-0.1, -0.05) is 0 Å². The van der Waals surface area contributed by atoms with Gasteiger partial charge in [-0.25, -0.2) is 13.2 Å². The Morgan fingerprint density at radius 3 is 2.67 bits per heavy atom. The monoisotopic (exact) mass is 259 g/mol. The Bertz CT molecular complexity index is 392. The number of alkyl halides is 2. The van der Waals surface area contributed by atoms with Crippen molar-refractivity contribution in [3.8, 4) is 5.75 Å². The first kappa shape index (κ1) is 13.2. The van der Waals surface area contributed by atoms with E-state index in [1.807, 2.05) is 0 Å². The van der Waals surface area contributed by atoms with Gasteiger partial charge in [0.1, 0.15) is 18.2 Å². The molecule has 0 bridgehead atoms. The summed E-state index contributed by atoms with van der Waals surface area (Å²) >= 11 is 0. The second-order valence-corrected chi connectivity index (χ2v) is 4.41. The van der Waals surface area contributed by atoms with Gasteiger partial charge < -0.3 is 10.1 Å². The van der Waals surface area contributed by atoms with E-state index < -0.39 is 13.0 Å². The smallest absolute Gasteiger partial charge is 0.272 e. The normalized spacial score (nSPS) is 17.1. The molecule has 0 aromatic heterocycles. The molecule has 0 spiro atoms. The van der Waals surface area contributed by atoms with Crippen molar-refractivity contribution in [3.05, 3.63) is 29.6 Å². The third-order valence-corrected chi connectivity index (χ3v) is 3.12. The highest BCUT2D eigenvalue weighted by Gasteiger charge is 2.19. The van der Waals surface area contributed by atoms with Gasteiger partial charge in [0, 0.05) is 0 Å². The molecule has 1 aromatic rings. The van der Waals surface area contributed by atoms with Gasteiger partial charge >= 0.3 is 0 Å². The second-order valence-electron chi connectivity index (χ2n) is 4.41. The molecule has 1 aromatic carbocycles. The van der Waals surface area contributed by atoms with Gasteiger partial charge in [0.15, 0.2) is 0 Å². The summed E-state index contributed by atoms with van der Waals surface area (Å²) in [5.41, 5.74) is 0.572. The fourth-order valence-corrected chi connectivity index (χ4v) is 2.22. The first-order valence-corrected chi connectivity index (χ1v) is 6.08. The van der Waals surface area contributed by atoms with Crippen LogP contribution in [0.15, 0.2) is 18.2 Å². The molecule has 0 radical (unpaired) electrons. The van der Waals surface area contributed by atoms with Gasteiger partial charge in [0.25, 0.3) is 6.43 Å². The largest absolute Gasteiger partial charge is 0.488 e. The molecule has 0 amide bonds. The third-order valence-electron chi connectivity index (χ3n) is 3.12. The van der Waals surface area contributed by atoms with E-state index in [4.69, 9.17) is 4.74 Å². The highest BCUT2D eigenvalue weighted by molar-refractivity contribution is 5.32. The first-order valence-electron chi connectivity index (χ1n) is 6.08. The maximum absolute atomic E-state index is 13.7. The van der Waals surface area contributed by atoms with Gasteiger partial charge in [-0.05, 0) is 55.6 Å². The van der Waals surface area contributed by atoms with Crippen molar-refractivity contribution in [1.29, 1.82) is 0 Å². The predicted octanol–water partition coefficient (Wildman–Crippen LogP) is 2.94. The average Bonchev–Trinajstić information content (AvgIpc) is 2.38. The van der Waals surface area contributed by atoms with E-state index in [0.717, 1.165) is 25.9 Å². The molecule has 2 nitrogen and oxygen atoms in total. The number of piperidine rings is 1. The summed E-state index contributed by atoms with van der Waals surface area (Å²) in [6.07, 6.45) is -0.804. The molecule has 1 fully saturated rings. The number of benzene rings is 1. The number of nitrogens with one attached hydrogen (secondary N) is 1. The minimum absolute atomic E-state index is 0.140. The summed E-state index contributed by atoms with van der Waals surface area (Å²) in [6, 6.07) is 4.23. The lowest BCUT2D eigenvalue weighted by Crippen LogP contribution is -2.27. The Balaban J connectivity index is 2.10. The summed E-state index contributed by atoms with van der Waals surface area (Å²) < 4.78 is 42.7. The molecule has 1 saturated heterocycles. The van der Waals surface area contributed by atoms with Crippen LogP contribution < -0.4 is 10.1 Å². The average molecular weight is 259 g/mol. The maximum Gasteiger partial charge on any atom is 0.272 e. The zero-order valence-electron chi connectivity index (χ0n) is 9.96. The van der Waals surface area contributed by atoms with Crippen LogP contribution in [-0.2, 0) is 0 Å². The molecule has 0 atom stereocenters. The number of hydrogen-bond donors (Lipinski definition) is 1. The predicted molar refractivity (Wildman–Crippen MR) is 62.7 cm³/mol. The van der Waals surface area contributed by atoms with Crippen molar-refractivity contribution in [3.63, 3.8) is 0 Å². The topological polar surface area (TPSA) is 21.3 Å².